The fourth-order valence-corrected chi connectivity index (χ4v) is 2.33. The Labute approximate surface area is 150 Å². The Morgan fingerprint density at radius 1 is 1.19 bits per heavy atom. The van der Waals surface area contributed by atoms with Gasteiger partial charge in [0.15, 0.2) is 6.61 Å². The van der Waals surface area contributed by atoms with E-state index >= 15 is 0 Å². The second kappa shape index (κ2) is 8.61. The van der Waals surface area contributed by atoms with Crippen LogP contribution in [0.15, 0.2) is 42.5 Å². The molecular weight excluding hydrogens is 338 g/mol. The SMILES string of the molecule is CCNC(=O)COc1cccc(NC(=O)c2cccc([N+](=O)[O-])c2C)c1. The van der Waals surface area contributed by atoms with Crippen molar-refractivity contribution < 1.29 is 19.2 Å². The number of anilines is 1. The Kier molecular flexibility index (Phi) is 6.26. The normalized spacial score (nSPS) is 10.1. The van der Waals surface area contributed by atoms with Crippen LogP contribution in [0.25, 0.3) is 0 Å². The Bertz CT molecular complexity index is 835. The van der Waals surface area contributed by atoms with Crippen LogP contribution in [0.1, 0.15) is 22.8 Å². The van der Waals surface area contributed by atoms with Gasteiger partial charge >= 0.3 is 0 Å². The van der Waals surface area contributed by atoms with Crippen molar-refractivity contribution in [2.75, 3.05) is 18.5 Å². The first-order valence-electron chi connectivity index (χ1n) is 7.97. The molecule has 2 N–H and O–H groups in total. The van der Waals surface area contributed by atoms with E-state index in [0.29, 0.717) is 23.5 Å². The van der Waals surface area contributed by atoms with Gasteiger partial charge in [-0.1, -0.05) is 12.1 Å². The molecule has 0 saturated heterocycles. The van der Waals surface area contributed by atoms with Crippen molar-refractivity contribution in [2.24, 2.45) is 0 Å². The molecule has 2 amide bonds. The summed E-state index contributed by atoms with van der Waals surface area (Å²) in [6, 6.07) is 10.9. The number of hydrogen-bond donors (Lipinski definition) is 2. The van der Waals surface area contributed by atoms with E-state index in [-0.39, 0.29) is 23.8 Å². The number of carbonyl (C=O) groups excluding carboxylic acids is 2. The first-order valence-corrected chi connectivity index (χ1v) is 7.97. The average molecular weight is 357 g/mol. The topological polar surface area (TPSA) is 111 Å². The molecule has 136 valence electrons. The van der Waals surface area contributed by atoms with Crippen molar-refractivity contribution in [3.8, 4) is 5.75 Å². The molecule has 0 heterocycles. The molecule has 0 aliphatic heterocycles. The number of rotatable bonds is 7. The second-order valence-corrected chi connectivity index (χ2v) is 5.43. The number of carbonyl (C=O) groups is 2. The lowest BCUT2D eigenvalue weighted by Crippen LogP contribution is -2.28. The van der Waals surface area contributed by atoms with Crippen LogP contribution in [0.4, 0.5) is 11.4 Å². The number of likely N-dealkylation sites (N-methyl/N-ethyl adjacent to an activating group) is 1. The van der Waals surface area contributed by atoms with E-state index in [0.717, 1.165) is 0 Å². The van der Waals surface area contributed by atoms with Crippen molar-refractivity contribution in [3.63, 3.8) is 0 Å². The monoisotopic (exact) mass is 357 g/mol. The lowest BCUT2D eigenvalue weighted by molar-refractivity contribution is -0.385. The number of nitrogens with zero attached hydrogens (tertiary/aromatic N) is 1. The standard InChI is InChI=1S/C18H19N3O5/c1-3-19-17(22)11-26-14-7-4-6-13(10-14)20-18(23)15-8-5-9-16(12(15)2)21(24)25/h4-10H,3,11H2,1-2H3,(H,19,22)(H,20,23). The molecule has 8 heteroatoms. The van der Waals surface area contributed by atoms with Crippen LogP contribution in [0, 0.1) is 17.0 Å². The molecule has 0 aliphatic carbocycles. The van der Waals surface area contributed by atoms with Gasteiger partial charge in [0, 0.05) is 35.5 Å². The Balaban J connectivity index is 2.10. The predicted molar refractivity (Wildman–Crippen MR) is 96.4 cm³/mol. The summed E-state index contributed by atoms with van der Waals surface area (Å²) in [5, 5.41) is 16.3. The van der Waals surface area contributed by atoms with Crippen LogP contribution >= 0.6 is 0 Å². The molecule has 2 rings (SSSR count). The zero-order valence-corrected chi connectivity index (χ0v) is 14.4. The van der Waals surface area contributed by atoms with Gasteiger partial charge in [-0.2, -0.15) is 0 Å². The van der Waals surface area contributed by atoms with E-state index in [1.165, 1.54) is 25.1 Å². The smallest absolute Gasteiger partial charge is 0.273 e. The molecule has 0 aromatic heterocycles. The Hall–Kier alpha value is -3.42. The van der Waals surface area contributed by atoms with Crippen LogP contribution in [0.5, 0.6) is 5.75 Å². The van der Waals surface area contributed by atoms with Gasteiger partial charge in [-0.15, -0.1) is 0 Å². The number of nitro groups is 1. The van der Waals surface area contributed by atoms with E-state index in [1.54, 1.807) is 24.3 Å². The minimum Gasteiger partial charge on any atom is -0.484 e. The molecule has 0 fully saturated rings. The highest BCUT2D eigenvalue weighted by atomic mass is 16.6. The van der Waals surface area contributed by atoms with Crippen molar-refractivity contribution in [3.05, 3.63) is 63.7 Å². The highest BCUT2D eigenvalue weighted by Crippen LogP contribution is 2.23. The third-order valence-electron chi connectivity index (χ3n) is 3.58. The molecule has 2 aromatic carbocycles. The minimum atomic E-state index is -0.526. The molecule has 0 aliphatic rings. The van der Waals surface area contributed by atoms with E-state index < -0.39 is 10.8 Å². The van der Waals surface area contributed by atoms with Crippen LogP contribution in [-0.2, 0) is 4.79 Å². The van der Waals surface area contributed by atoms with Gasteiger partial charge in [-0.25, -0.2) is 0 Å². The third kappa shape index (κ3) is 4.79. The number of ether oxygens (including phenoxy) is 1. The summed E-state index contributed by atoms with van der Waals surface area (Å²) in [7, 11) is 0. The molecule has 8 nitrogen and oxygen atoms in total. The molecule has 0 atom stereocenters. The summed E-state index contributed by atoms with van der Waals surface area (Å²) >= 11 is 0. The zero-order valence-electron chi connectivity index (χ0n) is 14.4. The van der Waals surface area contributed by atoms with Crippen LogP contribution < -0.4 is 15.4 Å². The highest BCUT2D eigenvalue weighted by molar-refractivity contribution is 6.05. The first kappa shape index (κ1) is 18.9. The van der Waals surface area contributed by atoms with E-state index in [1.807, 2.05) is 6.92 Å². The van der Waals surface area contributed by atoms with Crippen molar-refractivity contribution in [1.82, 2.24) is 5.32 Å². The first-order chi connectivity index (χ1) is 12.4. The number of nitro benzene ring substituents is 1. The van der Waals surface area contributed by atoms with Gasteiger partial charge in [0.2, 0.25) is 0 Å². The van der Waals surface area contributed by atoms with Crippen molar-refractivity contribution in [1.29, 1.82) is 0 Å². The fraction of sp³-hybridized carbons (Fsp3) is 0.222. The molecule has 0 saturated carbocycles. The molecule has 0 radical (unpaired) electrons. The minimum absolute atomic E-state index is 0.114. The Morgan fingerprint density at radius 2 is 1.92 bits per heavy atom. The van der Waals surface area contributed by atoms with E-state index in [2.05, 4.69) is 10.6 Å². The molecular formula is C18H19N3O5. The third-order valence-corrected chi connectivity index (χ3v) is 3.58. The summed E-state index contributed by atoms with van der Waals surface area (Å²) in [4.78, 5) is 34.3. The van der Waals surface area contributed by atoms with Crippen molar-refractivity contribution in [2.45, 2.75) is 13.8 Å². The van der Waals surface area contributed by atoms with Gasteiger partial charge in [0.05, 0.1) is 4.92 Å². The maximum atomic E-state index is 12.4. The van der Waals surface area contributed by atoms with Gasteiger partial charge < -0.3 is 15.4 Å². The number of amides is 2. The Morgan fingerprint density at radius 3 is 2.62 bits per heavy atom. The maximum Gasteiger partial charge on any atom is 0.273 e. The predicted octanol–water partition coefficient (Wildman–Crippen LogP) is 2.67. The number of nitrogens with one attached hydrogen (secondary N) is 2. The molecule has 0 spiro atoms. The van der Waals surface area contributed by atoms with Crippen LogP contribution in [-0.4, -0.2) is 29.9 Å². The van der Waals surface area contributed by atoms with Gasteiger partial charge in [-0.05, 0) is 32.0 Å². The lowest BCUT2D eigenvalue weighted by Gasteiger charge is -2.10. The summed E-state index contributed by atoms with van der Waals surface area (Å²) in [6.45, 7) is 3.72. The average Bonchev–Trinajstić information content (AvgIpc) is 2.60. The van der Waals surface area contributed by atoms with Gasteiger partial charge in [-0.3, -0.25) is 19.7 Å². The molecule has 2 aromatic rings. The summed E-state index contributed by atoms with van der Waals surface area (Å²) < 4.78 is 5.37. The molecule has 26 heavy (non-hydrogen) atoms. The van der Waals surface area contributed by atoms with E-state index in [9.17, 15) is 19.7 Å². The molecule has 0 unspecified atom stereocenters. The lowest BCUT2D eigenvalue weighted by atomic mass is 10.1. The maximum absolute atomic E-state index is 12.4. The van der Waals surface area contributed by atoms with Gasteiger partial charge in [0.1, 0.15) is 5.75 Å². The quantitative estimate of drug-likeness (QED) is 0.585. The zero-order chi connectivity index (χ0) is 19.1. The summed E-state index contributed by atoms with van der Waals surface area (Å²) in [5.74, 6) is -0.286. The summed E-state index contributed by atoms with van der Waals surface area (Å²) in [6.07, 6.45) is 0. The number of hydrogen-bond acceptors (Lipinski definition) is 5. The fourth-order valence-electron chi connectivity index (χ4n) is 2.33. The number of benzene rings is 2. The van der Waals surface area contributed by atoms with E-state index in [4.69, 9.17) is 4.74 Å². The van der Waals surface area contributed by atoms with Crippen LogP contribution in [0.3, 0.4) is 0 Å². The largest absolute Gasteiger partial charge is 0.484 e. The second-order valence-electron chi connectivity index (χ2n) is 5.43. The highest BCUT2D eigenvalue weighted by Gasteiger charge is 2.18. The molecule has 0 bridgehead atoms. The van der Waals surface area contributed by atoms with Crippen molar-refractivity contribution >= 4 is 23.2 Å². The van der Waals surface area contributed by atoms with Crippen LogP contribution in [0.2, 0.25) is 0 Å². The summed E-state index contributed by atoms with van der Waals surface area (Å²) in [5.41, 5.74) is 0.845. The van der Waals surface area contributed by atoms with Gasteiger partial charge in [0.25, 0.3) is 17.5 Å².